The van der Waals surface area contributed by atoms with E-state index in [0.29, 0.717) is 17.4 Å². The molecule has 0 rings (SSSR count). The zero-order valence-electron chi connectivity index (χ0n) is 38.0. The fourth-order valence-electron chi connectivity index (χ4n) is 6.77. The molecule has 0 spiro atoms. The number of carbonyl (C=O) groups is 1. The van der Waals surface area contributed by atoms with Crippen molar-refractivity contribution >= 4 is 13.7 Å². The number of nitrogens with one attached hydrogen (secondary N) is 1. The SMILES string of the molecule is CCCCCCCCCCCCCCCCCCCCCCC/C=C/CC/C=C/CC/C=C/C(O)C(COP(=O)([O-])OCC[N+](C)(C)C)NC(=O)CCCCCC. The predicted molar refractivity (Wildman–Crippen MR) is 242 cm³/mol. The lowest BCUT2D eigenvalue weighted by Gasteiger charge is -2.29. The van der Waals surface area contributed by atoms with E-state index in [9.17, 15) is 19.4 Å². The number of aliphatic hydroxyl groups is 1. The van der Waals surface area contributed by atoms with E-state index in [-0.39, 0.29) is 12.5 Å². The molecule has 1 amide bonds. The van der Waals surface area contributed by atoms with Gasteiger partial charge >= 0.3 is 0 Å². The third-order valence-corrected chi connectivity index (χ3v) is 11.5. The summed E-state index contributed by atoms with van der Waals surface area (Å²) in [5.41, 5.74) is 0. The molecule has 336 valence electrons. The maximum absolute atomic E-state index is 12.5. The Morgan fingerprint density at radius 2 is 0.982 bits per heavy atom. The number of hydrogen-bond donors (Lipinski definition) is 2. The van der Waals surface area contributed by atoms with Gasteiger partial charge in [0.2, 0.25) is 5.91 Å². The first-order valence-corrected chi connectivity index (χ1v) is 25.3. The summed E-state index contributed by atoms with van der Waals surface area (Å²) < 4.78 is 23.0. The Hall–Kier alpha value is -1.28. The van der Waals surface area contributed by atoms with Crippen LogP contribution in [0.25, 0.3) is 0 Å². The molecule has 0 saturated carbocycles. The van der Waals surface area contributed by atoms with Gasteiger partial charge in [0.1, 0.15) is 13.2 Å². The highest BCUT2D eigenvalue weighted by atomic mass is 31.2. The Morgan fingerprint density at radius 3 is 1.42 bits per heavy atom. The number of phosphoric ester groups is 1. The van der Waals surface area contributed by atoms with E-state index in [4.69, 9.17) is 9.05 Å². The normalized spacial score (nSPS) is 14.6. The van der Waals surface area contributed by atoms with Crippen LogP contribution in [0.15, 0.2) is 36.5 Å². The number of carbonyl (C=O) groups excluding carboxylic acids is 1. The van der Waals surface area contributed by atoms with E-state index >= 15 is 0 Å². The van der Waals surface area contributed by atoms with Crippen molar-refractivity contribution in [2.45, 2.75) is 225 Å². The third kappa shape index (κ3) is 42.6. The minimum absolute atomic E-state index is 0.00925. The number of unbranched alkanes of at least 4 members (excludes halogenated alkanes) is 26. The summed E-state index contributed by atoms with van der Waals surface area (Å²) in [4.78, 5) is 24.9. The average Bonchev–Trinajstić information content (AvgIpc) is 3.16. The van der Waals surface area contributed by atoms with Gasteiger partial charge < -0.3 is 28.8 Å². The summed E-state index contributed by atoms with van der Waals surface area (Å²) in [6.07, 6.45) is 50.1. The summed E-state index contributed by atoms with van der Waals surface area (Å²) in [7, 11) is 1.23. The molecule has 0 aliphatic carbocycles. The molecule has 8 nitrogen and oxygen atoms in total. The molecule has 57 heavy (non-hydrogen) atoms. The van der Waals surface area contributed by atoms with Crippen LogP contribution in [0.1, 0.15) is 213 Å². The van der Waals surface area contributed by atoms with Crippen molar-refractivity contribution < 1.29 is 32.9 Å². The van der Waals surface area contributed by atoms with Gasteiger partial charge in [-0.2, -0.15) is 0 Å². The van der Waals surface area contributed by atoms with Gasteiger partial charge in [-0.25, -0.2) is 0 Å². The molecule has 0 aromatic heterocycles. The van der Waals surface area contributed by atoms with Crippen molar-refractivity contribution in [1.82, 2.24) is 5.32 Å². The van der Waals surface area contributed by atoms with E-state index in [1.807, 2.05) is 27.2 Å². The zero-order chi connectivity index (χ0) is 42.1. The number of quaternary nitrogens is 1. The molecule has 0 bridgehead atoms. The van der Waals surface area contributed by atoms with Gasteiger partial charge in [0.05, 0.1) is 39.9 Å². The standard InChI is InChI=1S/C48H93N2O6P/c1-6-8-10-12-13-14-15-16-17-18-19-20-21-22-23-24-25-26-27-28-29-30-31-32-33-34-35-36-37-38-39-41-47(51)46(49-48(52)42-40-11-9-7-2)45-56-57(53,54)55-44-43-50(3,4)5/h31-32,35-36,39,41,46-47,51H,6-30,33-34,37-38,40,42-45H2,1-5H3,(H-,49,52,53,54)/b32-31+,36-35+,41-39+. The predicted octanol–water partition coefficient (Wildman–Crippen LogP) is 12.8. The zero-order valence-corrected chi connectivity index (χ0v) is 38.9. The van der Waals surface area contributed by atoms with E-state index < -0.39 is 26.6 Å². The maximum Gasteiger partial charge on any atom is 0.268 e. The number of hydrogen-bond acceptors (Lipinski definition) is 6. The van der Waals surface area contributed by atoms with Crippen LogP contribution in [0.5, 0.6) is 0 Å². The first-order valence-electron chi connectivity index (χ1n) is 23.9. The van der Waals surface area contributed by atoms with E-state index in [0.717, 1.165) is 51.4 Å². The molecule has 0 aromatic rings. The molecule has 0 aliphatic heterocycles. The molecule has 0 fully saturated rings. The Labute approximate surface area is 353 Å². The summed E-state index contributed by atoms with van der Waals surface area (Å²) >= 11 is 0. The number of phosphoric acid groups is 1. The van der Waals surface area contributed by atoms with Crippen LogP contribution in [-0.2, 0) is 18.4 Å². The molecular formula is C48H93N2O6P. The average molecular weight is 825 g/mol. The van der Waals surface area contributed by atoms with Crippen LogP contribution >= 0.6 is 7.82 Å². The molecule has 0 aliphatic rings. The highest BCUT2D eigenvalue weighted by Crippen LogP contribution is 2.38. The Bertz CT molecular complexity index is 1030. The van der Waals surface area contributed by atoms with Crippen LogP contribution in [0.4, 0.5) is 0 Å². The van der Waals surface area contributed by atoms with Gasteiger partial charge in [0.25, 0.3) is 7.82 Å². The number of likely N-dealkylation sites (N-methyl/N-ethyl adjacent to an activating group) is 1. The highest BCUT2D eigenvalue weighted by Gasteiger charge is 2.23. The highest BCUT2D eigenvalue weighted by molar-refractivity contribution is 7.45. The topological polar surface area (TPSA) is 108 Å². The van der Waals surface area contributed by atoms with Crippen LogP contribution in [0.3, 0.4) is 0 Å². The second-order valence-electron chi connectivity index (χ2n) is 17.5. The monoisotopic (exact) mass is 825 g/mol. The summed E-state index contributed by atoms with van der Waals surface area (Å²) in [6, 6.07) is -0.903. The van der Waals surface area contributed by atoms with E-state index in [1.165, 1.54) is 141 Å². The van der Waals surface area contributed by atoms with Crippen molar-refractivity contribution in [3.8, 4) is 0 Å². The quantitative estimate of drug-likeness (QED) is 0.0274. The molecule has 0 heterocycles. The Kier molecular flexibility index (Phi) is 39.2. The number of rotatable bonds is 43. The van der Waals surface area contributed by atoms with Crippen molar-refractivity contribution in [3.05, 3.63) is 36.5 Å². The minimum atomic E-state index is -4.58. The van der Waals surface area contributed by atoms with Gasteiger partial charge in [-0.3, -0.25) is 9.36 Å². The molecule has 0 saturated heterocycles. The van der Waals surface area contributed by atoms with Crippen LogP contribution in [0.2, 0.25) is 0 Å². The van der Waals surface area contributed by atoms with Crippen molar-refractivity contribution in [2.24, 2.45) is 0 Å². The lowest BCUT2D eigenvalue weighted by Crippen LogP contribution is -2.45. The Morgan fingerprint density at radius 1 is 0.596 bits per heavy atom. The molecular weight excluding hydrogens is 732 g/mol. The third-order valence-electron chi connectivity index (χ3n) is 10.6. The number of amides is 1. The fraction of sp³-hybridized carbons (Fsp3) is 0.854. The van der Waals surface area contributed by atoms with Crippen molar-refractivity contribution in [3.63, 3.8) is 0 Å². The van der Waals surface area contributed by atoms with Crippen molar-refractivity contribution in [1.29, 1.82) is 0 Å². The van der Waals surface area contributed by atoms with Gasteiger partial charge in [-0.05, 0) is 44.9 Å². The molecule has 3 atom stereocenters. The first-order chi connectivity index (χ1) is 27.5. The second-order valence-corrected chi connectivity index (χ2v) is 18.9. The van der Waals surface area contributed by atoms with Gasteiger partial charge in [-0.15, -0.1) is 0 Å². The molecule has 3 unspecified atom stereocenters. The fourth-order valence-corrected chi connectivity index (χ4v) is 7.50. The second kappa shape index (κ2) is 40.1. The van der Waals surface area contributed by atoms with Gasteiger partial charge in [-0.1, -0.05) is 198 Å². The van der Waals surface area contributed by atoms with Gasteiger partial charge in [0.15, 0.2) is 0 Å². The van der Waals surface area contributed by atoms with Crippen LogP contribution < -0.4 is 10.2 Å². The summed E-state index contributed by atoms with van der Waals surface area (Å²) in [5, 5.41) is 13.6. The smallest absolute Gasteiger partial charge is 0.268 e. The molecule has 0 aromatic carbocycles. The first kappa shape index (κ1) is 55.7. The minimum Gasteiger partial charge on any atom is -0.756 e. The van der Waals surface area contributed by atoms with Crippen molar-refractivity contribution in [2.75, 3.05) is 40.9 Å². The maximum atomic E-state index is 12.5. The van der Waals surface area contributed by atoms with Crippen LogP contribution in [0, 0.1) is 0 Å². The molecule has 2 N–H and O–H groups in total. The van der Waals surface area contributed by atoms with E-state index in [2.05, 4.69) is 43.5 Å². The Balaban J connectivity index is 3.97. The molecule has 0 radical (unpaired) electrons. The number of nitrogens with zero attached hydrogens (tertiary/aromatic N) is 1. The largest absolute Gasteiger partial charge is 0.756 e. The number of allylic oxidation sites excluding steroid dienone is 5. The lowest BCUT2D eigenvalue weighted by molar-refractivity contribution is -0.870. The lowest BCUT2D eigenvalue weighted by atomic mass is 10.0. The number of aliphatic hydroxyl groups excluding tert-OH is 1. The van der Waals surface area contributed by atoms with Gasteiger partial charge in [0, 0.05) is 6.42 Å². The summed E-state index contributed by atoms with van der Waals surface area (Å²) in [6.45, 7) is 4.48. The van der Waals surface area contributed by atoms with E-state index in [1.54, 1.807) is 6.08 Å². The summed E-state index contributed by atoms with van der Waals surface area (Å²) in [5.74, 6) is -0.230. The molecule has 9 heteroatoms. The van der Waals surface area contributed by atoms with Crippen LogP contribution in [-0.4, -0.2) is 68.5 Å².